The van der Waals surface area contributed by atoms with Crippen LogP contribution in [0, 0.1) is 12.8 Å². The molecular formula is C20H18ClNO3. The van der Waals surface area contributed by atoms with Crippen molar-refractivity contribution >= 4 is 17.6 Å². The van der Waals surface area contributed by atoms with E-state index in [9.17, 15) is 4.79 Å². The monoisotopic (exact) mass is 355 g/mol. The van der Waals surface area contributed by atoms with E-state index in [0.29, 0.717) is 22.4 Å². The lowest BCUT2D eigenvalue weighted by atomic mass is 10.0. The highest BCUT2D eigenvalue weighted by Gasteiger charge is 2.20. The number of carboxylic acid groups (broad SMARTS) is 1. The molecule has 0 aliphatic rings. The minimum Gasteiger partial charge on any atom is -0.481 e. The number of aromatic nitrogens is 1. The molecule has 25 heavy (non-hydrogen) atoms. The maximum Gasteiger partial charge on any atom is 0.306 e. The van der Waals surface area contributed by atoms with Crippen LogP contribution in [0.4, 0.5) is 0 Å². The summed E-state index contributed by atoms with van der Waals surface area (Å²) in [6, 6.07) is 15.3. The van der Waals surface area contributed by atoms with Gasteiger partial charge >= 0.3 is 5.97 Å². The van der Waals surface area contributed by atoms with Crippen LogP contribution in [0.3, 0.4) is 0 Å². The fourth-order valence-corrected chi connectivity index (χ4v) is 2.63. The van der Waals surface area contributed by atoms with Crippen LogP contribution in [-0.4, -0.2) is 16.1 Å². The number of carbonyl (C=O) groups is 1. The second-order valence-electron chi connectivity index (χ2n) is 6.10. The van der Waals surface area contributed by atoms with Crippen LogP contribution in [0.2, 0.25) is 5.02 Å². The van der Waals surface area contributed by atoms with E-state index in [-0.39, 0.29) is 6.42 Å². The Bertz CT molecular complexity index is 819. The number of benzene rings is 2. The fourth-order valence-electron chi connectivity index (χ4n) is 2.50. The van der Waals surface area contributed by atoms with Gasteiger partial charge in [-0.2, -0.15) is 0 Å². The first-order valence-corrected chi connectivity index (χ1v) is 8.37. The van der Waals surface area contributed by atoms with E-state index in [0.717, 1.165) is 16.7 Å². The predicted octanol–water partition coefficient (Wildman–Crippen LogP) is 5.23. The smallest absolute Gasteiger partial charge is 0.306 e. The summed E-state index contributed by atoms with van der Waals surface area (Å²) in [5.74, 6) is -0.393. The SMILES string of the molecule is Cc1ccc(-c2oc(CC(C)C(=O)O)nc2-c2ccc(Cl)cc2)cc1. The summed E-state index contributed by atoms with van der Waals surface area (Å²) in [6.45, 7) is 3.66. The number of rotatable bonds is 5. The van der Waals surface area contributed by atoms with Gasteiger partial charge < -0.3 is 9.52 Å². The van der Waals surface area contributed by atoms with Gasteiger partial charge in [0, 0.05) is 22.6 Å². The van der Waals surface area contributed by atoms with E-state index in [1.165, 1.54) is 0 Å². The van der Waals surface area contributed by atoms with Gasteiger partial charge in [0.25, 0.3) is 0 Å². The Balaban J connectivity index is 2.07. The van der Waals surface area contributed by atoms with Crippen molar-refractivity contribution < 1.29 is 14.3 Å². The Labute approximate surface area is 151 Å². The molecule has 2 aromatic carbocycles. The van der Waals surface area contributed by atoms with E-state index in [1.54, 1.807) is 19.1 Å². The number of hydrogen-bond donors (Lipinski definition) is 1. The molecule has 0 saturated heterocycles. The lowest BCUT2D eigenvalue weighted by Gasteiger charge is -2.02. The van der Waals surface area contributed by atoms with Crippen molar-refractivity contribution in [2.45, 2.75) is 20.3 Å². The van der Waals surface area contributed by atoms with Gasteiger partial charge in [-0.1, -0.05) is 60.5 Å². The van der Waals surface area contributed by atoms with Gasteiger partial charge in [0.05, 0.1) is 5.92 Å². The summed E-state index contributed by atoms with van der Waals surface area (Å²) < 4.78 is 5.94. The van der Waals surface area contributed by atoms with Gasteiger partial charge in [0.15, 0.2) is 11.7 Å². The van der Waals surface area contributed by atoms with Gasteiger partial charge in [-0.05, 0) is 19.1 Å². The highest BCUT2D eigenvalue weighted by molar-refractivity contribution is 6.30. The van der Waals surface area contributed by atoms with Gasteiger partial charge in [0.1, 0.15) is 5.69 Å². The Morgan fingerprint density at radius 1 is 1.12 bits per heavy atom. The highest BCUT2D eigenvalue weighted by Crippen LogP contribution is 2.34. The largest absolute Gasteiger partial charge is 0.481 e. The molecule has 1 N–H and O–H groups in total. The first-order valence-electron chi connectivity index (χ1n) is 7.99. The Kier molecular flexibility index (Phi) is 4.91. The third-order valence-corrected chi connectivity index (χ3v) is 4.26. The van der Waals surface area contributed by atoms with E-state index >= 15 is 0 Å². The van der Waals surface area contributed by atoms with E-state index in [2.05, 4.69) is 4.98 Å². The first-order chi connectivity index (χ1) is 11.9. The Hall–Kier alpha value is -2.59. The van der Waals surface area contributed by atoms with Crippen LogP contribution in [0.5, 0.6) is 0 Å². The second-order valence-corrected chi connectivity index (χ2v) is 6.54. The molecule has 1 aromatic heterocycles. The van der Waals surface area contributed by atoms with Crippen molar-refractivity contribution in [3.63, 3.8) is 0 Å². The molecule has 128 valence electrons. The van der Waals surface area contributed by atoms with Crippen LogP contribution < -0.4 is 0 Å². The normalized spacial score (nSPS) is 12.1. The van der Waals surface area contributed by atoms with Crippen molar-refractivity contribution in [2.24, 2.45) is 5.92 Å². The summed E-state index contributed by atoms with van der Waals surface area (Å²) >= 11 is 5.97. The van der Waals surface area contributed by atoms with E-state index < -0.39 is 11.9 Å². The number of aryl methyl sites for hydroxylation is 1. The zero-order valence-corrected chi connectivity index (χ0v) is 14.7. The van der Waals surface area contributed by atoms with E-state index in [4.69, 9.17) is 21.1 Å². The van der Waals surface area contributed by atoms with Crippen LogP contribution in [0.25, 0.3) is 22.6 Å². The average Bonchev–Trinajstić information content (AvgIpc) is 3.00. The van der Waals surface area contributed by atoms with Crippen LogP contribution >= 0.6 is 11.6 Å². The number of halogens is 1. The maximum atomic E-state index is 11.1. The molecule has 1 atom stereocenters. The van der Waals surface area contributed by atoms with Crippen molar-refractivity contribution in [1.29, 1.82) is 0 Å². The average molecular weight is 356 g/mol. The minimum absolute atomic E-state index is 0.238. The molecular weight excluding hydrogens is 338 g/mol. The molecule has 0 fully saturated rings. The quantitative estimate of drug-likeness (QED) is 0.680. The number of aliphatic carboxylic acids is 1. The Morgan fingerprint density at radius 3 is 2.32 bits per heavy atom. The standard InChI is InChI=1S/C20H18ClNO3/c1-12-3-5-15(6-4-12)19-18(14-7-9-16(21)10-8-14)22-17(25-19)11-13(2)20(23)24/h3-10,13H,11H2,1-2H3,(H,23,24). The lowest BCUT2D eigenvalue weighted by Crippen LogP contribution is -2.12. The van der Waals surface area contributed by atoms with Crippen molar-refractivity contribution in [3.8, 4) is 22.6 Å². The molecule has 0 aliphatic heterocycles. The number of oxazole rings is 1. The topological polar surface area (TPSA) is 63.3 Å². The molecule has 4 nitrogen and oxygen atoms in total. The van der Waals surface area contributed by atoms with Gasteiger partial charge in [-0.3, -0.25) is 4.79 Å². The zero-order valence-electron chi connectivity index (χ0n) is 14.0. The minimum atomic E-state index is -0.872. The Morgan fingerprint density at radius 2 is 1.72 bits per heavy atom. The lowest BCUT2D eigenvalue weighted by molar-refractivity contribution is -0.141. The summed E-state index contributed by atoms with van der Waals surface area (Å²) in [5.41, 5.74) is 3.61. The molecule has 0 bridgehead atoms. The summed E-state index contributed by atoms with van der Waals surface area (Å²) in [5, 5.41) is 9.77. The fraction of sp³-hybridized carbons (Fsp3) is 0.200. The third-order valence-electron chi connectivity index (χ3n) is 4.01. The van der Waals surface area contributed by atoms with E-state index in [1.807, 2.05) is 43.3 Å². The van der Waals surface area contributed by atoms with Gasteiger partial charge in [-0.25, -0.2) is 4.98 Å². The molecule has 0 spiro atoms. The highest BCUT2D eigenvalue weighted by atomic mass is 35.5. The zero-order chi connectivity index (χ0) is 18.0. The number of nitrogens with zero attached hydrogens (tertiary/aromatic N) is 1. The van der Waals surface area contributed by atoms with Gasteiger partial charge in [-0.15, -0.1) is 0 Å². The molecule has 1 unspecified atom stereocenters. The molecule has 0 aliphatic carbocycles. The summed E-state index contributed by atoms with van der Waals surface area (Å²) in [7, 11) is 0. The first kappa shape index (κ1) is 17.2. The second kappa shape index (κ2) is 7.11. The molecule has 0 saturated carbocycles. The molecule has 0 radical (unpaired) electrons. The van der Waals surface area contributed by atoms with Crippen LogP contribution in [-0.2, 0) is 11.2 Å². The van der Waals surface area contributed by atoms with Crippen molar-refractivity contribution in [1.82, 2.24) is 4.98 Å². The number of carboxylic acids is 1. The molecule has 1 heterocycles. The van der Waals surface area contributed by atoms with Crippen LogP contribution in [0.15, 0.2) is 52.9 Å². The molecule has 0 amide bonds. The predicted molar refractivity (Wildman–Crippen MR) is 97.6 cm³/mol. The summed E-state index contributed by atoms with van der Waals surface area (Å²) in [4.78, 5) is 15.7. The van der Waals surface area contributed by atoms with Crippen molar-refractivity contribution in [2.75, 3.05) is 0 Å². The third kappa shape index (κ3) is 3.91. The summed E-state index contributed by atoms with van der Waals surface area (Å²) in [6.07, 6.45) is 0.238. The number of hydrogen-bond acceptors (Lipinski definition) is 3. The van der Waals surface area contributed by atoms with Gasteiger partial charge in [0.2, 0.25) is 0 Å². The maximum absolute atomic E-state index is 11.1. The molecule has 3 aromatic rings. The molecule has 5 heteroatoms. The molecule has 3 rings (SSSR count). The van der Waals surface area contributed by atoms with Crippen molar-refractivity contribution in [3.05, 3.63) is 65.0 Å². The van der Waals surface area contributed by atoms with Crippen LogP contribution in [0.1, 0.15) is 18.4 Å².